The molecule has 0 aliphatic carbocycles. The van der Waals surface area contributed by atoms with Gasteiger partial charge in [0, 0.05) is 30.7 Å². The van der Waals surface area contributed by atoms with Gasteiger partial charge in [0.25, 0.3) is 0 Å². The second kappa shape index (κ2) is 11.4. The molecule has 0 saturated carbocycles. The Kier molecular flexibility index (Phi) is 8.07. The van der Waals surface area contributed by atoms with Crippen molar-refractivity contribution in [3.05, 3.63) is 95.7 Å². The molecule has 3 aromatic carbocycles. The normalized spacial score (nSPS) is 11.4. The van der Waals surface area contributed by atoms with Crippen molar-refractivity contribution in [1.29, 1.82) is 0 Å². The van der Waals surface area contributed by atoms with Crippen molar-refractivity contribution in [1.82, 2.24) is 9.47 Å². The van der Waals surface area contributed by atoms with Crippen LogP contribution in [0.15, 0.2) is 79.0 Å². The summed E-state index contributed by atoms with van der Waals surface area (Å²) in [6.45, 7) is 7.01. The molecule has 0 saturated heterocycles. The van der Waals surface area contributed by atoms with E-state index < -0.39 is 5.60 Å². The zero-order valence-electron chi connectivity index (χ0n) is 22.4. The van der Waals surface area contributed by atoms with Crippen molar-refractivity contribution < 1.29 is 19.0 Å². The number of para-hydroxylation sites is 1. The maximum absolute atomic E-state index is 13.2. The Morgan fingerprint density at radius 2 is 1.59 bits per heavy atom. The summed E-state index contributed by atoms with van der Waals surface area (Å²) in [6, 6.07) is 24.0. The molecule has 0 unspecified atom stereocenters. The zero-order valence-corrected chi connectivity index (χ0v) is 22.4. The predicted octanol–water partition coefficient (Wildman–Crippen LogP) is 6.75. The van der Waals surface area contributed by atoms with Gasteiger partial charge in [0.2, 0.25) is 0 Å². The average molecular weight is 501 g/mol. The third kappa shape index (κ3) is 6.64. The highest BCUT2D eigenvalue weighted by Gasteiger charge is 2.24. The third-order valence-electron chi connectivity index (χ3n) is 6.15. The Labute approximate surface area is 219 Å². The summed E-state index contributed by atoms with van der Waals surface area (Å²) in [7, 11) is 3.68. The number of hydrogen-bond donors (Lipinski definition) is 0. The van der Waals surface area contributed by atoms with Gasteiger partial charge in [-0.05, 0) is 56.5 Å². The molecule has 37 heavy (non-hydrogen) atoms. The predicted molar refractivity (Wildman–Crippen MR) is 147 cm³/mol. The van der Waals surface area contributed by atoms with E-state index in [1.54, 1.807) is 12.0 Å². The summed E-state index contributed by atoms with van der Waals surface area (Å²) in [5, 5.41) is 1.07. The summed E-state index contributed by atoms with van der Waals surface area (Å²) >= 11 is 0. The minimum absolute atomic E-state index is 0.348. The monoisotopic (exact) mass is 500 g/mol. The number of rotatable bonds is 9. The maximum atomic E-state index is 13.2. The summed E-state index contributed by atoms with van der Waals surface area (Å²) in [5.41, 5.74) is 3.67. The number of carbonyl (C=O) groups excluding carboxylic acids is 1. The maximum Gasteiger partial charge on any atom is 0.410 e. The molecule has 4 aromatic rings. The Morgan fingerprint density at radius 3 is 2.32 bits per heavy atom. The minimum atomic E-state index is -0.589. The summed E-state index contributed by atoms with van der Waals surface area (Å²) in [4.78, 5) is 15.0. The van der Waals surface area contributed by atoms with Crippen molar-refractivity contribution in [3.63, 3.8) is 0 Å². The number of hydrogen-bond acceptors (Lipinski definition) is 4. The fourth-order valence-electron chi connectivity index (χ4n) is 4.41. The molecule has 0 radical (unpaired) electrons. The molecule has 6 heteroatoms. The van der Waals surface area contributed by atoms with Gasteiger partial charge >= 0.3 is 6.09 Å². The number of nitrogens with zero attached hydrogens (tertiary/aromatic N) is 2. The second-order valence-corrected chi connectivity index (χ2v) is 10.2. The second-order valence-electron chi connectivity index (χ2n) is 10.2. The van der Waals surface area contributed by atoms with Crippen LogP contribution in [-0.2, 0) is 31.4 Å². The van der Waals surface area contributed by atoms with Crippen LogP contribution in [0.5, 0.6) is 11.5 Å². The van der Waals surface area contributed by atoms with Crippen LogP contribution in [0, 0.1) is 0 Å². The van der Waals surface area contributed by atoms with Gasteiger partial charge in [-0.2, -0.15) is 0 Å². The molecule has 0 fully saturated rings. The zero-order chi connectivity index (χ0) is 26.4. The number of ether oxygens (including phenoxy) is 3. The first-order valence-corrected chi connectivity index (χ1v) is 12.6. The third-order valence-corrected chi connectivity index (χ3v) is 6.15. The molecule has 4 rings (SSSR count). The smallest absolute Gasteiger partial charge is 0.410 e. The number of fused-ring (bicyclic) bond motifs is 1. The first-order chi connectivity index (χ1) is 17.7. The van der Waals surface area contributed by atoms with Gasteiger partial charge in [-0.3, -0.25) is 0 Å². The molecule has 0 bridgehead atoms. The Balaban J connectivity index is 1.59. The molecular formula is C31H36N2O4. The van der Waals surface area contributed by atoms with E-state index in [4.69, 9.17) is 14.2 Å². The Morgan fingerprint density at radius 1 is 0.892 bits per heavy atom. The number of amides is 1. The summed E-state index contributed by atoms with van der Waals surface area (Å²) in [6.07, 6.45) is 2.42. The van der Waals surface area contributed by atoms with Gasteiger partial charge < -0.3 is 23.7 Å². The average Bonchev–Trinajstić information content (AvgIpc) is 3.21. The van der Waals surface area contributed by atoms with Crippen LogP contribution < -0.4 is 9.47 Å². The van der Waals surface area contributed by atoms with E-state index in [0.717, 1.165) is 39.1 Å². The van der Waals surface area contributed by atoms with Crippen LogP contribution in [0.25, 0.3) is 10.9 Å². The fourth-order valence-corrected chi connectivity index (χ4v) is 4.41. The van der Waals surface area contributed by atoms with Crippen LogP contribution in [0.4, 0.5) is 4.79 Å². The van der Waals surface area contributed by atoms with E-state index >= 15 is 0 Å². The van der Waals surface area contributed by atoms with E-state index in [-0.39, 0.29) is 6.09 Å². The standard InChI is InChI=1S/C31H36N2O4/c1-31(2,3)37-30(34)33(21-24-14-9-10-16-27(24)35-5)19-18-25-20-32(4)26-15-11-17-28(29(25)26)36-22-23-12-7-6-8-13-23/h6-17,20H,18-19,21-22H2,1-5H3. The van der Waals surface area contributed by atoms with Crippen LogP contribution in [0.1, 0.15) is 37.5 Å². The lowest BCUT2D eigenvalue weighted by atomic mass is 10.1. The van der Waals surface area contributed by atoms with Crippen LogP contribution in [0.2, 0.25) is 0 Å². The highest BCUT2D eigenvalue weighted by atomic mass is 16.6. The van der Waals surface area contributed by atoms with Gasteiger partial charge in [-0.25, -0.2) is 4.79 Å². The molecule has 6 nitrogen and oxygen atoms in total. The molecule has 0 aliphatic rings. The lowest BCUT2D eigenvalue weighted by Crippen LogP contribution is -2.37. The van der Waals surface area contributed by atoms with Crippen LogP contribution >= 0.6 is 0 Å². The van der Waals surface area contributed by atoms with Gasteiger partial charge in [0.05, 0.1) is 19.2 Å². The number of aryl methyl sites for hydroxylation is 1. The summed E-state index contributed by atoms with van der Waals surface area (Å²) in [5.74, 6) is 1.59. The Hall–Kier alpha value is -3.93. The van der Waals surface area contributed by atoms with Gasteiger partial charge in [-0.1, -0.05) is 54.6 Å². The topological polar surface area (TPSA) is 52.9 Å². The number of benzene rings is 3. The number of carbonyl (C=O) groups is 1. The molecular weight excluding hydrogens is 464 g/mol. The van der Waals surface area contributed by atoms with Crippen molar-refractivity contribution >= 4 is 17.0 Å². The minimum Gasteiger partial charge on any atom is -0.496 e. The van der Waals surface area contributed by atoms with Gasteiger partial charge in [-0.15, -0.1) is 0 Å². The molecule has 0 atom stereocenters. The van der Waals surface area contributed by atoms with E-state index in [1.807, 2.05) is 82.4 Å². The lowest BCUT2D eigenvalue weighted by Gasteiger charge is -2.28. The molecule has 1 heterocycles. The van der Waals surface area contributed by atoms with Crippen LogP contribution in [0.3, 0.4) is 0 Å². The molecule has 0 N–H and O–H groups in total. The lowest BCUT2D eigenvalue weighted by molar-refractivity contribution is 0.0235. The SMILES string of the molecule is COc1ccccc1CN(CCc1cn(C)c2cccc(OCc3ccccc3)c12)C(=O)OC(C)(C)C. The molecule has 0 aliphatic heterocycles. The van der Waals surface area contributed by atoms with Crippen molar-refractivity contribution in [2.45, 2.75) is 45.9 Å². The highest BCUT2D eigenvalue weighted by Crippen LogP contribution is 2.32. The van der Waals surface area contributed by atoms with Crippen molar-refractivity contribution in [2.24, 2.45) is 7.05 Å². The summed E-state index contributed by atoms with van der Waals surface area (Å²) < 4.78 is 19.7. The Bertz CT molecular complexity index is 1340. The largest absolute Gasteiger partial charge is 0.496 e. The van der Waals surface area contributed by atoms with Crippen molar-refractivity contribution in [2.75, 3.05) is 13.7 Å². The molecule has 1 aromatic heterocycles. The number of aromatic nitrogens is 1. The number of methoxy groups -OCH3 is 1. The van der Waals surface area contributed by atoms with Gasteiger partial charge in [0.1, 0.15) is 23.7 Å². The molecule has 194 valence electrons. The quantitative estimate of drug-likeness (QED) is 0.255. The molecule has 1 amide bonds. The van der Waals surface area contributed by atoms with Crippen molar-refractivity contribution in [3.8, 4) is 11.5 Å². The molecule has 0 spiro atoms. The first-order valence-electron chi connectivity index (χ1n) is 12.6. The van der Waals surface area contributed by atoms with E-state index in [1.165, 1.54) is 0 Å². The van der Waals surface area contributed by atoms with E-state index in [0.29, 0.717) is 26.1 Å². The van der Waals surface area contributed by atoms with E-state index in [2.05, 4.69) is 29.0 Å². The van der Waals surface area contributed by atoms with Gasteiger partial charge in [0.15, 0.2) is 0 Å². The first kappa shape index (κ1) is 26.1. The fraction of sp³-hybridized carbons (Fsp3) is 0.323. The highest BCUT2D eigenvalue weighted by molar-refractivity contribution is 5.90. The van der Waals surface area contributed by atoms with Crippen LogP contribution in [-0.4, -0.2) is 34.8 Å². The van der Waals surface area contributed by atoms with E-state index in [9.17, 15) is 4.79 Å².